The van der Waals surface area contributed by atoms with Crippen molar-refractivity contribution in [2.24, 2.45) is 0 Å². The summed E-state index contributed by atoms with van der Waals surface area (Å²) >= 11 is 0. The van der Waals surface area contributed by atoms with Gasteiger partial charge in [-0.1, -0.05) is 13.1 Å². The van der Waals surface area contributed by atoms with Gasteiger partial charge < -0.3 is 9.69 Å². The lowest BCUT2D eigenvalue weighted by Gasteiger charge is -2.07. The number of hydrogen-bond donors (Lipinski definition) is 0. The van der Waals surface area contributed by atoms with Crippen molar-refractivity contribution in [2.45, 2.75) is 0 Å². The van der Waals surface area contributed by atoms with E-state index in [4.69, 9.17) is 19.7 Å². The molecule has 0 aliphatic heterocycles. The Morgan fingerprint density at radius 1 is 0.633 bits per heavy atom. The van der Waals surface area contributed by atoms with E-state index in [2.05, 4.69) is 34.5 Å². The molecular weight excluding hydrogens is 380 g/mol. The summed E-state index contributed by atoms with van der Waals surface area (Å²) in [5, 5.41) is 28.6. The molecule has 10 heteroatoms. The van der Waals surface area contributed by atoms with Crippen molar-refractivity contribution in [1.82, 2.24) is 19.9 Å². The monoisotopic (exact) mass is 382 g/mol. The predicted molar refractivity (Wildman–Crippen MR) is 103 cm³/mol. The van der Waals surface area contributed by atoms with Crippen LogP contribution in [0.5, 0.6) is 0 Å². The Labute approximate surface area is 168 Å². The molecule has 3 aromatic heterocycles. The van der Waals surface area contributed by atoms with Crippen molar-refractivity contribution in [2.75, 3.05) is 0 Å². The summed E-state index contributed by atoms with van der Waals surface area (Å²) in [5.41, 5.74) is 0.297. The van der Waals surface area contributed by atoms with Crippen molar-refractivity contribution in [3.63, 3.8) is 0 Å². The van der Waals surface area contributed by atoms with Gasteiger partial charge in [-0.05, 0) is 12.1 Å². The highest BCUT2D eigenvalue weighted by Crippen LogP contribution is 2.38. The molecular formula is C20H2N10. The highest BCUT2D eigenvalue weighted by molar-refractivity contribution is 6.22. The van der Waals surface area contributed by atoms with Crippen LogP contribution >= 0.6 is 0 Å². The molecule has 0 atom stereocenters. The second-order valence-corrected chi connectivity index (χ2v) is 5.77. The van der Waals surface area contributed by atoms with Gasteiger partial charge >= 0.3 is 5.82 Å². The Morgan fingerprint density at radius 2 is 1.17 bits per heavy atom. The molecule has 0 N–H and O–H groups in total. The fourth-order valence-corrected chi connectivity index (χ4v) is 3.02. The van der Waals surface area contributed by atoms with E-state index >= 15 is 0 Å². The maximum absolute atomic E-state index is 9.37. The van der Waals surface area contributed by atoms with Gasteiger partial charge in [-0.3, -0.25) is 0 Å². The molecule has 0 saturated heterocycles. The maximum atomic E-state index is 9.37. The van der Waals surface area contributed by atoms with Crippen molar-refractivity contribution in [3.8, 4) is 18.2 Å². The molecule has 4 aromatic rings. The Kier molecular flexibility index (Phi) is 3.83. The molecule has 10 nitrogen and oxygen atoms in total. The normalized spacial score (nSPS) is 9.80. The molecule has 0 aliphatic rings. The summed E-state index contributed by atoms with van der Waals surface area (Å²) in [6.07, 6.45) is 0. The molecule has 1 aromatic carbocycles. The van der Waals surface area contributed by atoms with Crippen LogP contribution in [0, 0.1) is 53.7 Å². The first kappa shape index (κ1) is 17.7. The highest BCUT2D eigenvalue weighted by Gasteiger charge is 2.24. The van der Waals surface area contributed by atoms with Gasteiger partial charge in [-0.15, -0.1) is 9.97 Å². The molecule has 0 unspecified atom stereocenters. The number of rotatable bonds is 0. The zero-order valence-corrected chi connectivity index (χ0v) is 14.6. The SMILES string of the molecule is [C-]#[N+]c1cc2c(nc1[N+]#[C-])c1nc(C#N)c(C#N)cc1c1nc(C#N)c([N+]#[C-])nc21. The zero-order valence-electron chi connectivity index (χ0n) is 14.6. The maximum Gasteiger partial charge on any atom is 0.307 e. The van der Waals surface area contributed by atoms with Crippen LogP contribution < -0.4 is 0 Å². The molecule has 0 aliphatic carbocycles. The van der Waals surface area contributed by atoms with Gasteiger partial charge in [-0.2, -0.15) is 15.8 Å². The van der Waals surface area contributed by atoms with E-state index in [1.54, 1.807) is 0 Å². The lowest BCUT2D eigenvalue weighted by atomic mass is 10.0. The minimum absolute atomic E-state index is 0.0107. The average molecular weight is 382 g/mol. The van der Waals surface area contributed by atoms with Crippen LogP contribution in [0.15, 0.2) is 12.1 Å². The molecule has 0 saturated carbocycles. The molecule has 0 fully saturated rings. The van der Waals surface area contributed by atoms with Crippen LogP contribution in [-0.4, -0.2) is 19.9 Å². The first-order valence-corrected chi connectivity index (χ1v) is 7.96. The summed E-state index contributed by atoms with van der Waals surface area (Å²) in [7, 11) is 0. The van der Waals surface area contributed by atoms with Gasteiger partial charge in [0.2, 0.25) is 5.69 Å². The van der Waals surface area contributed by atoms with Crippen LogP contribution in [0.25, 0.3) is 47.4 Å². The molecule has 4 rings (SSSR count). The summed E-state index contributed by atoms with van der Waals surface area (Å²) in [4.78, 5) is 26.8. The first-order chi connectivity index (χ1) is 14.6. The third kappa shape index (κ3) is 2.31. The molecule has 132 valence electrons. The molecule has 0 radical (unpaired) electrons. The van der Waals surface area contributed by atoms with Crippen LogP contribution in [0.1, 0.15) is 17.0 Å². The van der Waals surface area contributed by atoms with Gasteiger partial charge in [0.15, 0.2) is 22.4 Å². The van der Waals surface area contributed by atoms with Gasteiger partial charge in [-0.25, -0.2) is 14.8 Å². The van der Waals surface area contributed by atoms with Crippen molar-refractivity contribution in [3.05, 3.63) is 63.3 Å². The van der Waals surface area contributed by atoms with Gasteiger partial charge in [0.25, 0.3) is 5.82 Å². The summed E-state index contributed by atoms with van der Waals surface area (Å²) in [6.45, 7) is 21.9. The lowest BCUT2D eigenvalue weighted by molar-refractivity contribution is 1.26. The van der Waals surface area contributed by atoms with Crippen molar-refractivity contribution in [1.29, 1.82) is 15.8 Å². The third-order valence-corrected chi connectivity index (χ3v) is 4.28. The van der Waals surface area contributed by atoms with E-state index < -0.39 is 0 Å². The molecule has 3 heterocycles. The van der Waals surface area contributed by atoms with Crippen molar-refractivity contribution < 1.29 is 0 Å². The Hall–Kier alpha value is -5.68. The largest absolute Gasteiger partial charge is 0.371 e. The lowest BCUT2D eigenvalue weighted by Crippen LogP contribution is -1.98. The van der Waals surface area contributed by atoms with E-state index in [0.29, 0.717) is 5.39 Å². The standard InChI is InChI=1S/C20H2N10/c1-24-12-5-11-17(29-19(12)25-2)15-10(4-9(6-21)13(7-22)27-15)16-18(11)30-20(26-3)14(8-23)28-16/h4-5H. The number of benzene rings is 1. The van der Waals surface area contributed by atoms with E-state index in [0.717, 1.165) is 0 Å². The predicted octanol–water partition coefficient (Wildman–Crippen LogP) is 3.99. The number of aromatic nitrogens is 4. The first-order valence-electron chi connectivity index (χ1n) is 7.96. The Balaban J connectivity index is 2.42. The smallest absolute Gasteiger partial charge is 0.307 e. The van der Waals surface area contributed by atoms with Crippen LogP contribution in [0.2, 0.25) is 0 Å². The summed E-state index contributed by atoms with van der Waals surface area (Å²) in [5.74, 6) is -0.388. The Bertz CT molecular complexity index is 1350. The van der Waals surface area contributed by atoms with E-state index in [1.165, 1.54) is 12.1 Å². The third-order valence-electron chi connectivity index (χ3n) is 4.28. The fraction of sp³-hybridized carbons (Fsp3) is 0. The highest BCUT2D eigenvalue weighted by atomic mass is 15.0. The Morgan fingerprint density at radius 3 is 1.70 bits per heavy atom. The van der Waals surface area contributed by atoms with E-state index in [1.807, 2.05) is 18.2 Å². The molecule has 30 heavy (non-hydrogen) atoms. The number of fused-ring (bicyclic) bond motifs is 6. The van der Waals surface area contributed by atoms with E-state index in [-0.39, 0.29) is 61.7 Å². The molecule has 0 bridgehead atoms. The number of pyridine rings is 2. The second-order valence-electron chi connectivity index (χ2n) is 5.77. The average Bonchev–Trinajstić information content (AvgIpc) is 2.81. The zero-order chi connectivity index (χ0) is 21.4. The summed E-state index contributed by atoms with van der Waals surface area (Å²) in [6, 6.07) is 8.33. The topological polar surface area (TPSA) is 136 Å². The van der Waals surface area contributed by atoms with Gasteiger partial charge in [0.1, 0.15) is 29.2 Å². The number of nitrogens with zero attached hydrogens (tertiary/aromatic N) is 10. The van der Waals surface area contributed by atoms with Crippen molar-refractivity contribution >= 4 is 50.2 Å². The van der Waals surface area contributed by atoms with E-state index in [9.17, 15) is 15.8 Å². The fourth-order valence-electron chi connectivity index (χ4n) is 3.02. The molecule has 0 amide bonds. The van der Waals surface area contributed by atoms with Gasteiger partial charge in [0, 0.05) is 5.39 Å². The van der Waals surface area contributed by atoms with Crippen LogP contribution in [0.3, 0.4) is 0 Å². The summed E-state index contributed by atoms with van der Waals surface area (Å²) < 4.78 is 0. The minimum atomic E-state index is -0.230. The number of nitriles is 3. The number of hydrogen-bond acceptors (Lipinski definition) is 7. The molecule has 0 spiro atoms. The van der Waals surface area contributed by atoms with Gasteiger partial charge in [0.05, 0.1) is 17.5 Å². The second kappa shape index (κ2) is 6.49. The minimum Gasteiger partial charge on any atom is -0.371 e. The van der Waals surface area contributed by atoms with Crippen LogP contribution in [-0.2, 0) is 0 Å². The van der Waals surface area contributed by atoms with Crippen LogP contribution in [0.4, 0.5) is 17.3 Å². The quantitative estimate of drug-likeness (QED) is 0.331.